The minimum atomic E-state index is -0.644. The minimum Gasteiger partial charge on any atom is -0.463 e. The molecule has 2 aliphatic heterocycles. The number of anilines is 3. The van der Waals surface area contributed by atoms with Gasteiger partial charge < -0.3 is 9.47 Å². The highest BCUT2D eigenvalue weighted by Gasteiger charge is 2.67. The fourth-order valence-electron chi connectivity index (χ4n) is 11.3. The molecule has 1 aliphatic carbocycles. The maximum atomic E-state index is 7.46. The van der Waals surface area contributed by atoms with Crippen molar-refractivity contribution in [3.05, 3.63) is 163 Å². The Bertz CT molecular complexity index is 2900. The van der Waals surface area contributed by atoms with Crippen LogP contribution in [0.25, 0.3) is 11.1 Å². The summed E-state index contributed by atoms with van der Waals surface area (Å²) < 4.78 is 14.7. The highest BCUT2D eigenvalue weighted by atomic mass is 16.5. The molecule has 0 fully saturated rings. The summed E-state index contributed by atoms with van der Waals surface area (Å²) in [5.41, 5.74) is 18.6. The Hall–Kier alpha value is -5.68. The molecule has 0 saturated carbocycles. The predicted octanol–water partition coefficient (Wildman–Crippen LogP) is 15.1. The van der Waals surface area contributed by atoms with E-state index < -0.39 is 11.1 Å². The molecule has 1 aromatic heterocycles. The Labute approximate surface area is 376 Å². The average molecular weight is 836 g/mol. The highest BCUT2D eigenvalue weighted by Crippen LogP contribution is 2.62. The van der Waals surface area contributed by atoms with Crippen molar-refractivity contribution in [1.29, 1.82) is 0 Å². The van der Waals surface area contributed by atoms with E-state index in [4.69, 9.17) is 19.5 Å². The maximum Gasteiger partial charge on any atom is 0.217 e. The summed E-state index contributed by atoms with van der Waals surface area (Å²) in [5, 5.41) is 0. The quantitative estimate of drug-likeness (QED) is 0.174. The van der Waals surface area contributed by atoms with Gasteiger partial charge in [-0.2, -0.15) is 0 Å². The fourth-order valence-corrected chi connectivity index (χ4v) is 11.3. The first-order valence-corrected chi connectivity index (χ1v) is 22.8. The number of aliphatic imine (C=N–C) groups is 1. The van der Waals surface area contributed by atoms with Crippen LogP contribution >= 0.6 is 0 Å². The van der Waals surface area contributed by atoms with Gasteiger partial charge in [-0.3, -0.25) is 4.90 Å². The Kier molecular flexibility index (Phi) is 9.58. The van der Waals surface area contributed by atoms with E-state index in [1.807, 2.05) is 6.20 Å². The summed E-state index contributed by atoms with van der Waals surface area (Å²) >= 11 is 0. The lowest BCUT2D eigenvalue weighted by molar-refractivity contribution is -0.0724. The smallest absolute Gasteiger partial charge is 0.217 e. The lowest BCUT2D eigenvalue weighted by Crippen LogP contribution is -2.52. The monoisotopic (exact) mass is 836 g/mol. The number of nitrogens with zero attached hydrogens (tertiary/aromatic N) is 3. The van der Waals surface area contributed by atoms with Crippen LogP contribution in [0.5, 0.6) is 11.5 Å². The predicted molar refractivity (Wildman–Crippen MR) is 262 cm³/mol. The van der Waals surface area contributed by atoms with Crippen LogP contribution < -0.4 is 9.64 Å². The second-order valence-corrected chi connectivity index (χ2v) is 21.9. The number of benzene rings is 5. The summed E-state index contributed by atoms with van der Waals surface area (Å²) in [4.78, 5) is 13.0. The third-order valence-electron chi connectivity index (χ3n) is 14.5. The SMILES string of the molecule is Cc1cc(C)c(-c2cc(Oc3cc4c(cc3C)C(C)(C)c3cc(C)ccc3N4c3cc(C(C)(C)C)ccn3)cc(C3=N[C@]4(C)Cc5cc(C)c(C)cc5[C@]4(C(C)(C)C)O3)c2)c(C)c1. The summed E-state index contributed by atoms with van der Waals surface area (Å²) in [5.74, 6) is 3.09. The first kappa shape index (κ1) is 42.6. The van der Waals surface area contributed by atoms with Gasteiger partial charge in [0, 0.05) is 40.6 Å². The zero-order chi connectivity index (χ0) is 45.3. The molecule has 0 amide bonds. The van der Waals surface area contributed by atoms with Crippen LogP contribution in [0.4, 0.5) is 17.2 Å². The first-order valence-electron chi connectivity index (χ1n) is 22.8. The van der Waals surface area contributed by atoms with E-state index in [-0.39, 0.29) is 16.2 Å². The lowest BCUT2D eigenvalue weighted by Gasteiger charge is -2.46. The van der Waals surface area contributed by atoms with Crippen LogP contribution in [-0.2, 0) is 27.6 Å². The van der Waals surface area contributed by atoms with Gasteiger partial charge >= 0.3 is 0 Å². The largest absolute Gasteiger partial charge is 0.463 e. The summed E-state index contributed by atoms with van der Waals surface area (Å²) in [6, 6.07) is 31.6. The Balaban J connectivity index is 1.22. The van der Waals surface area contributed by atoms with E-state index in [1.54, 1.807) is 0 Å². The average Bonchev–Trinajstić information content (AvgIpc) is 3.62. The summed E-state index contributed by atoms with van der Waals surface area (Å²) in [6.45, 7) is 36.0. The van der Waals surface area contributed by atoms with Crippen LogP contribution in [0, 0.1) is 53.9 Å². The Morgan fingerprint density at radius 2 is 1.27 bits per heavy atom. The molecule has 9 rings (SSSR count). The number of ether oxygens (including phenoxy) is 2. The van der Waals surface area contributed by atoms with Gasteiger partial charge in [0.2, 0.25) is 5.90 Å². The number of pyridine rings is 1. The molecule has 63 heavy (non-hydrogen) atoms. The summed E-state index contributed by atoms with van der Waals surface area (Å²) in [7, 11) is 0. The van der Waals surface area contributed by atoms with Crippen molar-refractivity contribution in [2.45, 2.75) is 139 Å². The molecular weight excluding hydrogens is 771 g/mol. The molecule has 5 heteroatoms. The Morgan fingerprint density at radius 3 is 1.95 bits per heavy atom. The molecule has 0 radical (unpaired) electrons. The van der Waals surface area contributed by atoms with Crippen LogP contribution in [-0.4, -0.2) is 16.4 Å². The van der Waals surface area contributed by atoms with Crippen molar-refractivity contribution in [2.75, 3.05) is 4.90 Å². The maximum absolute atomic E-state index is 7.46. The molecule has 3 heterocycles. The van der Waals surface area contributed by atoms with Gasteiger partial charge in [-0.15, -0.1) is 0 Å². The normalized spacial score (nSPS) is 19.8. The van der Waals surface area contributed by atoms with Crippen LogP contribution in [0.2, 0.25) is 0 Å². The second-order valence-electron chi connectivity index (χ2n) is 21.9. The molecular formula is C58H65N3O2. The van der Waals surface area contributed by atoms with E-state index >= 15 is 0 Å². The van der Waals surface area contributed by atoms with Crippen molar-refractivity contribution in [2.24, 2.45) is 10.4 Å². The fraction of sp³-hybridized carbons (Fsp3) is 0.379. The van der Waals surface area contributed by atoms with Gasteiger partial charge in [0.1, 0.15) is 22.9 Å². The van der Waals surface area contributed by atoms with Crippen molar-refractivity contribution in [1.82, 2.24) is 4.98 Å². The molecule has 6 aromatic rings. The third kappa shape index (κ3) is 6.63. The number of aromatic nitrogens is 1. The molecule has 5 aromatic carbocycles. The van der Waals surface area contributed by atoms with Gasteiger partial charge in [-0.25, -0.2) is 9.98 Å². The molecule has 0 spiro atoms. The number of hydrogen-bond donors (Lipinski definition) is 0. The van der Waals surface area contributed by atoms with E-state index in [9.17, 15) is 0 Å². The molecule has 3 aliphatic rings. The topological polar surface area (TPSA) is 47.0 Å². The number of aryl methyl sites for hydroxylation is 7. The van der Waals surface area contributed by atoms with Crippen molar-refractivity contribution in [3.8, 4) is 22.6 Å². The van der Waals surface area contributed by atoms with Gasteiger partial charge in [0.15, 0.2) is 5.60 Å². The van der Waals surface area contributed by atoms with E-state index in [1.165, 1.54) is 66.8 Å². The number of fused-ring (bicyclic) bond motifs is 5. The number of hydrogen-bond acceptors (Lipinski definition) is 5. The standard InChI is InChI=1S/C58H65N3O2/c1-33-17-18-48-46(23-33)56(14,15)47-26-37(5)50(31-49(47)61(48)51-30-43(19-20-59-51)54(8,9)10)62-44-28-40(52-38(6)21-34(2)22-39(52)7)27-41(29-44)53-60-57(16)32-42-24-35(3)36(4)25-45(42)58(57,63-53)55(11,12)13/h17-31H,32H2,1-16H3/t57-,58-/m1/s1. The second kappa shape index (κ2) is 14.2. The zero-order valence-corrected chi connectivity index (χ0v) is 40.5. The molecule has 2 atom stereocenters. The molecule has 0 bridgehead atoms. The Morgan fingerprint density at radius 1 is 0.619 bits per heavy atom. The minimum absolute atomic E-state index is 0.0403. The molecule has 0 saturated heterocycles. The van der Waals surface area contributed by atoms with Crippen molar-refractivity contribution < 1.29 is 9.47 Å². The van der Waals surface area contributed by atoms with Crippen LogP contribution in [0.1, 0.15) is 135 Å². The lowest BCUT2D eigenvalue weighted by atomic mass is 9.65. The highest BCUT2D eigenvalue weighted by molar-refractivity contribution is 5.99. The van der Waals surface area contributed by atoms with Crippen LogP contribution in [0.3, 0.4) is 0 Å². The molecule has 5 nitrogen and oxygen atoms in total. The van der Waals surface area contributed by atoms with Gasteiger partial charge in [-0.1, -0.05) is 103 Å². The van der Waals surface area contributed by atoms with Gasteiger partial charge in [-0.05, 0) is 164 Å². The van der Waals surface area contributed by atoms with Crippen molar-refractivity contribution in [3.63, 3.8) is 0 Å². The summed E-state index contributed by atoms with van der Waals surface area (Å²) in [6.07, 6.45) is 2.77. The molecule has 324 valence electrons. The van der Waals surface area contributed by atoms with Crippen LogP contribution in [0.15, 0.2) is 96.1 Å². The molecule has 0 N–H and O–H groups in total. The van der Waals surface area contributed by atoms with Crippen molar-refractivity contribution >= 4 is 23.1 Å². The third-order valence-corrected chi connectivity index (χ3v) is 14.5. The van der Waals surface area contributed by atoms with E-state index in [2.05, 4.69) is 201 Å². The van der Waals surface area contributed by atoms with E-state index in [0.717, 1.165) is 51.8 Å². The molecule has 0 unspecified atom stereocenters. The zero-order valence-electron chi connectivity index (χ0n) is 40.5. The first-order chi connectivity index (χ1) is 29.4. The van der Waals surface area contributed by atoms with E-state index in [0.29, 0.717) is 5.90 Å². The number of rotatable bonds is 5. The van der Waals surface area contributed by atoms with Gasteiger partial charge in [0.25, 0.3) is 0 Å². The van der Waals surface area contributed by atoms with Gasteiger partial charge in [0.05, 0.1) is 11.4 Å².